The number of benzene rings is 2. The average Bonchev–Trinajstić information content (AvgIpc) is 3.42. The molecule has 0 spiro atoms. The van der Waals surface area contributed by atoms with Gasteiger partial charge in [-0.05, 0) is 49.2 Å². The predicted molar refractivity (Wildman–Crippen MR) is 119 cm³/mol. The van der Waals surface area contributed by atoms with Gasteiger partial charge >= 0.3 is 0 Å². The number of nitrogens with zero attached hydrogens (tertiary/aromatic N) is 4. The monoisotopic (exact) mass is 420 g/mol. The second-order valence-electron chi connectivity index (χ2n) is 8.42. The number of aromatic nitrogens is 4. The summed E-state index contributed by atoms with van der Waals surface area (Å²) in [4.78, 5) is 13.2. The first-order chi connectivity index (χ1) is 15.2. The number of rotatable bonds is 3. The quantitative estimate of drug-likeness (QED) is 0.530. The summed E-state index contributed by atoms with van der Waals surface area (Å²) in [7, 11) is 0. The molecule has 160 valence electrons. The SMILES string of the molecule is Fc1ccc2c(-c3nc4ccc(N5CCC(N6CCOCC6)CC5)cc4[nH]3)n[nH]c2c1. The molecule has 2 aliphatic heterocycles. The van der Waals surface area contributed by atoms with Gasteiger partial charge in [0, 0.05) is 43.3 Å². The molecule has 0 atom stereocenters. The number of halogens is 1. The van der Waals surface area contributed by atoms with Crippen LogP contribution in [0, 0.1) is 5.82 Å². The van der Waals surface area contributed by atoms with Crippen LogP contribution in [0.3, 0.4) is 0 Å². The maximum Gasteiger partial charge on any atom is 0.159 e. The molecule has 0 saturated carbocycles. The minimum Gasteiger partial charge on any atom is -0.379 e. The number of morpholine rings is 1. The average molecular weight is 420 g/mol. The van der Waals surface area contributed by atoms with Crippen molar-refractivity contribution in [3.63, 3.8) is 0 Å². The molecular weight excluding hydrogens is 395 g/mol. The fourth-order valence-corrected chi connectivity index (χ4v) is 4.91. The second kappa shape index (κ2) is 7.62. The van der Waals surface area contributed by atoms with Crippen LogP contribution in [-0.4, -0.2) is 70.5 Å². The number of piperidine rings is 1. The Kier molecular flexibility index (Phi) is 4.61. The van der Waals surface area contributed by atoms with Gasteiger partial charge in [-0.2, -0.15) is 5.10 Å². The molecule has 4 aromatic rings. The summed E-state index contributed by atoms with van der Waals surface area (Å²) in [6.07, 6.45) is 2.37. The Morgan fingerprint density at radius 1 is 0.968 bits per heavy atom. The fourth-order valence-electron chi connectivity index (χ4n) is 4.91. The summed E-state index contributed by atoms with van der Waals surface area (Å²) in [5, 5.41) is 8.11. The zero-order chi connectivity index (χ0) is 20.8. The molecule has 0 radical (unpaired) electrons. The highest BCUT2D eigenvalue weighted by molar-refractivity contribution is 5.93. The van der Waals surface area contributed by atoms with E-state index in [1.165, 1.54) is 30.7 Å². The van der Waals surface area contributed by atoms with Crippen molar-refractivity contribution in [3.8, 4) is 11.5 Å². The summed E-state index contributed by atoms with van der Waals surface area (Å²) >= 11 is 0. The molecule has 6 rings (SSSR count). The van der Waals surface area contributed by atoms with E-state index in [0.717, 1.165) is 55.8 Å². The van der Waals surface area contributed by atoms with Gasteiger partial charge in [0.1, 0.15) is 11.5 Å². The molecule has 31 heavy (non-hydrogen) atoms. The van der Waals surface area contributed by atoms with Crippen LogP contribution in [0.4, 0.5) is 10.1 Å². The van der Waals surface area contributed by atoms with Crippen molar-refractivity contribution in [1.82, 2.24) is 25.1 Å². The molecule has 0 unspecified atom stereocenters. The lowest BCUT2D eigenvalue weighted by atomic mass is 10.0. The summed E-state index contributed by atoms with van der Waals surface area (Å²) in [5.74, 6) is 0.408. The van der Waals surface area contributed by atoms with Crippen molar-refractivity contribution in [3.05, 3.63) is 42.2 Å². The molecule has 7 nitrogen and oxygen atoms in total. The van der Waals surface area contributed by atoms with Crippen molar-refractivity contribution in [2.24, 2.45) is 0 Å². The molecule has 8 heteroatoms. The molecule has 2 aliphatic rings. The van der Waals surface area contributed by atoms with Crippen LogP contribution >= 0.6 is 0 Å². The van der Waals surface area contributed by atoms with Gasteiger partial charge in [-0.15, -0.1) is 0 Å². The standard InChI is InChI=1S/C23H25FN6O/c24-15-1-3-18-20(13-15)27-28-22(18)23-25-19-4-2-17(14-21(19)26-23)29-7-5-16(6-8-29)30-9-11-31-12-10-30/h1-4,13-14,16H,5-12H2,(H,25,26)(H,27,28). The largest absolute Gasteiger partial charge is 0.379 e. The van der Waals surface area contributed by atoms with E-state index in [4.69, 9.17) is 9.72 Å². The van der Waals surface area contributed by atoms with Crippen LogP contribution in [0.1, 0.15) is 12.8 Å². The number of H-pyrrole nitrogens is 2. The Bertz CT molecular complexity index is 1220. The summed E-state index contributed by atoms with van der Waals surface area (Å²) < 4.78 is 19.0. The molecule has 0 amide bonds. The van der Waals surface area contributed by atoms with Crippen LogP contribution in [0.15, 0.2) is 36.4 Å². The summed E-state index contributed by atoms with van der Waals surface area (Å²) in [5.41, 5.74) is 4.48. The second-order valence-corrected chi connectivity index (χ2v) is 8.42. The van der Waals surface area contributed by atoms with Gasteiger partial charge in [0.25, 0.3) is 0 Å². The predicted octanol–water partition coefficient (Wildman–Crippen LogP) is 3.55. The number of fused-ring (bicyclic) bond motifs is 2. The van der Waals surface area contributed by atoms with Gasteiger partial charge in [0.05, 0.1) is 29.8 Å². The van der Waals surface area contributed by atoms with E-state index in [-0.39, 0.29) is 5.82 Å². The van der Waals surface area contributed by atoms with Crippen molar-refractivity contribution in [1.29, 1.82) is 0 Å². The molecule has 2 aromatic carbocycles. The number of imidazole rings is 1. The zero-order valence-electron chi connectivity index (χ0n) is 17.3. The molecule has 2 aromatic heterocycles. The third-order valence-electron chi connectivity index (χ3n) is 6.61. The maximum absolute atomic E-state index is 13.5. The van der Waals surface area contributed by atoms with Gasteiger partial charge in [0.15, 0.2) is 5.82 Å². The van der Waals surface area contributed by atoms with Gasteiger partial charge in [0.2, 0.25) is 0 Å². The number of hydrogen-bond acceptors (Lipinski definition) is 5. The van der Waals surface area contributed by atoms with Gasteiger partial charge in [-0.25, -0.2) is 9.37 Å². The Labute approximate surface area is 179 Å². The van der Waals surface area contributed by atoms with Gasteiger partial charge < -0.3 is 14.6 Å². The highest BCUT2D eigenvalue weighted by Gasteiger charge is 2.26. The van der Waals surface area contributed by atoms with E-state index < -0.39 is 0 Å². The van der Waals surface area contributed by atoms with E-state index in [0.29, 0.717) is 23.1 Å². The summed E-state index contributed by atoms with van der Waals surface area (Å²) in [6, 6.07) is 11.7. The van der Waals surface area contributed by atoms with E-state index in [1.807, 2.05) is 0 Å². The van der Waals surface area contributed by atoms with Crippen molar-refractivity contribution >= 4 is 27.6 Å². The number of hydrogen-bond donors (Lipinski definition) is 2. The first-order valence-electron chi connectivity index (χ1n) is 11.0. The van der Waals surface area contributed by atoms with Crippen LogP contribution < -0.4 is 4.90 Å². The van der Waals surface area contributed by atoms with Crippen LogP contribution in [0.2, 0.25) is 0 Å². The zero-order valence-corrected chi connectivity index (χ0v) is 17.3. The Balaban J connectivity index is 1.23. The Morgan fingerprint density at radius 2 is 1.81 bits per heavy atom. The van der Waals surface area contributed by atoms with E-state index in [2.05, 4.69) is 43.2 Å². The Morgan fingerprint density at radius 3 is 2.65 bits per heavy atom. The smallest absolute Gasteiger partial charge is 0.159 e. The van der Waals surface area contributed by atoms with Crippen molar-refractivity contribution in [2.45, 2.75) is 18.9 Å². The lowest BCUT2D eigenvalue weighted by Crippen LogP contribution is -2.49. The van der Waals surface area contributed by atoms with Crippen molar-refractivity contribution in [2.75, 3.05) is 44.3 Å². The summed E-state index contributed by atoms with van der Waals surface area (Å²) in [6.45, 7) is 5.96. The number of ether oxygens (including phenoxy) is 1. The van der Waals surface area contributed by atoms with Crippen LogP contribution in [0.5, 0.6) is 0 Å². The normalized spacial score (nSPS) is 18.9. The molecule has 0 bridgehead atoms. The maximum atomic E-state index is 13.5. The molecule has 4 heterocycles. The minimum atomic E-state index is -0.283. The fraction of sp³-hybridized carbons (Fsp3) is 0.391. The lowest BCUT2D eigenvalue weighted by molar-refractivity contribution is 0.0115. The molecule has 0 aliphatic carbocycles. The first-order valence-corrected chi connectivity index (χ1v) is 11.0. The molecular formula is C23H25FN6O. The van der Waals surface area contributed by atoms with Crippen molar-refractivity contribution < 1.29 is 9.13 Å². The van der Waals surface area contributed by atoms with E-state index >= 15 is 0 Å². The lowest BCUT2D eigenvalue weighted by Gasteiger charge is -2.40. The number of anilines is 1. The third kappa shape index (κ3) is 3.45. The number of aromatic amines is 2. The van der Waals surface area contributed by atoms with E-state index in [1.54, 1.807) is 6.07 Å². The van der Waals surface area contributed by atoms with Gasteiger partial charge in [-0.3, -0.25) is 10.00 Å². The van der Waals surface area contributed by atoms with Gasteiger partial charge in [-0.1, -0.05) is 0 Å². The topological polar surface area (TPSA) is 73.1 Å². The first kappa shape index (κ1) is 18.8. The third-order valence-corrected chi connectivity index (χ3v) is 6.61. The van der Waals surface area contributed by atoms with E-state index in [9.17, 15) is 4.39 Å². The highest BCUT2D eigenvalue weighted by Crippen LogP contribution is 2.29. The minimum absolute atomic E-state index is 0.283. The highest BCUT2D eigenvalue weighted by atomic mass is 19.1. The Hall–Kier alpha value is -2.97. The molecule has 2 N–H and O–H groups in total. The van der Waals surface area contributed by atoms with Crippen LogP contribution in [-0.2, 0) is 4.74 Å². The number of nitrogens with one attached hydrogen (secondary N) is 2. The van der Waals surface area contributed by atoms with Crippen LogP contribution in [0.25, 0.3) is 33.5 Å². The molecule has 2 saturated heterocycles. The molecule has 2 fully saturated rings.